The van der Waals surface area contributed by atoms with Crippen LogP contribution in [0.3, 0.4) is 0 Å². The molecule has 1 aliphatic rings. The lowest BCUT2D eigenvalue weighted by molar-refractivity contribution is 0.397. The molecule has 5 heteroatoms. The summed E-state index contributed by atoms with van der Waals surface area (Å²) in [4.78, 5) is 8.91. The van der Waals surface area contributed by atoms with Crippen molar-refractivity contribution in [2.75, 3.05) is 7.11 Å². The molecular formula is C13H18N4O. The van der Waals surface area contributed by atoms with Crippen LogP contribution in [-0.2, 0) is 12.6 Å². The summed E-state index contributed by atoms with van der Waals surface area (Å²) in [6, 6.07) is 0. The smallest absolute Gasteiger partial charge is 0.234 e. The van der Waals surface area contributed by atoms with Crippen LogP contribution in [0.4, 0.5) is 0 Å². The van der Waals surface area contributed by atoms with Crippen LogP contribution < -0.4 is 10.5 Å². The van der Waals surface area contributed by atoms with Gasteiger partial charge in [-0.05, 0) is 12.8 Å². The minimum Gasteiger partial charge on any atom is -0.480 e. The Bertz CT molecular complexity index is 584. The summed E-state index contributed by atoms with van der Waals surface area (Å²) in [5.74, 6) is 0.535. The van der Waals surface area contributed by atoms with Gasteiger partial charge in [0.1, 0.15) is 5.52 Å². The summed E-state index contributed by atoms with van der Waals surface area (Å²) in [7, 11) is 3.57. The lowest BCUT2D eigenvalue weighted by atomic mass is 9.91. The number of rotatable bonds is 2. The van der Waals surface area contributed by atoms with E-state index in [2.05, 4.69) is 16.2 Å². The van der Waals surface area contributed by atoms with Crippen molar-refractivity contribution in [1.82, 2.24) is 14.5 Å². The molecule has 1 saturated carbocycles. The van der Waals surface area contributed by atoms with E-state index in [1.807, 2.05) is 11.6 Å². The normalized spacial score (nSPS) is 18.4. The van der Waals surface area contributed by atoms with Gasteiger partial charge in [0.2, 0.25) is 5.88 Å². The lowest BCUT2D eigenvalue weighted by Gasteiger charge is -2.22. The van der Waals surface area contributed by atoms with Gasteiger partial charge in [-0.2, -0.15) is 4.98 Å². The number of nitrogens with two attached hydrogens (primary N) is 1. The van der Waals surface area contributed by atoms with E-state index in [0.717, 1.165) is 29.6 Å². The van der Waals surface area contributed by atoms with Crippen LogP contribution in [0.1, 0.15) is 31.2 Å². The van der Waals surface area contributed by atoms with E-state index in [1.165, 1.54) is 12.8 Å². The summed E-state index contributed by atoms with van der Waals surface area (Å²) in [5, 5.41) is 0. The van der Waals surface area contributed by atoms with E-state index in [1.54, 1.807) is 13.3 Å². The molecule has 2 N–H and O–H groups in total. The maximum atomic E-state index is 6.52. The highest BCUT2D eigenvalue weighted by atomic mass is 16.5. The van der Waals surface area contributed by atoms with Crippen molar-refractivity contribution in [3.63, 3.8) is 0 Å². The minimum absolute atomic E-state index is 0.233. The number of fused-ring (bicyclic) bond motifs is 1. The summed E-state index contributed by atoms with van der Waals surface area (Å²) in [5.41, 5.74) is 9.14. The topological polar surface area (TPSA) is 66.0 Å². The lowest BCUT2D eigenvalue weighted by Crippen LogP contribution is -2.32. The first-order valence-electron chi connectivity index (χ1n) is 6.29. The Morgan fingerprint density at radius 2 is 2.11 bits per heavy atom. The molecule has 18 heavy (non-hydrogen) atoms. The maximum Gasteiger partial charge on any atom is 0.234 e. The molecule has 2 aromatic heterocycles. The second-order valence-corrected chi connectivity index (χ2v) is 5.10. The van der Waals surface area contributed by atoms with E-state index < -0.39 is 0 Å². The summed E-state index contributed by atoms with van der Waals surface area (Å²) in [6.45, 7) is 0. The molecule has 0 aromatic carbocycles. The molecule has 0 unspecified atom stereocenters. The molecule has 0 radical (unpaired) electrons. The molecule has 0 amide bonds. The molecule has 0 saturated heterocycles. The first kappa shape index (κ1) is 11.5. The molecule has 3 rings (SSSR count). The van der Waals surface area contributed by atoms with Crippen molar-refractivity contribution in [3.8, 4) is 5.88 Å². The third kappa shape index (κ3) is 1.58. The molecule has 5 nitrogen and oxygen atoms in total. The number of ether oxygens (including phenoxy) is 1. The zero-order chi connectivity index (χ0) is 12.8. The Labute approximate surface area is 106 Å². The molecule has 96 valence electrons. The van der Waals surface area contributed by atoms with Crippen LogP contribution in [0.2, 0.25) is 0 Å². The second kappa shape index (κ2) is 3.95. The fourth-order valence-corrected chi connectivity index (χ4v) is 2.85. The summed E-state index contributed by atoms with van der Waals surface area (Å²) < 4.78 is 7.10. The summed E-state index contributed by atoms with van der Waals surface area (Å²) >= 11 is 0. The average molecular weight is 246 g/mol. The van der Waals surface area contributed by atoms with Crippen molar-refractivity contribution >= 4 is 11.2 Å². The Morgan fingerprint density at radius 3 is 2.78 bits per heavy atom. The molecule has 1 aliphatic carbocycles. The number of aryl methyl sites for hydroxylation is 1. The van der Waals surface area contributed by atoms with E-state index in [-0.39, 0.29) is 5.54 Å². The standard InChI is InChI=1S/C13H18N4O/c1-17-8-9(13(14)5-3-4-6-13)11-12(17)16-10(18-2)7-15-11/h7-8H,3-6,14H2,1-2H3. The van der Waals surface area contributed by atoms with Gasteiger partial charge in [0.15, 0.2) is 5.65 Å². The second-order valence-electron chi connectivity index (χ2n) is 5.10. The third-order valence-corrected chi connectivity index (χ3v) is 3.89. The fourth-order valence-electron chi connectivity index (χ4n) is 2.85. The van der Waals surface area contributed by atoms with Crippen LogP contribution in [0, 0.1) is 0 Å². The van der Waals surface area contributed by atoms with Crippen molar-refractivity contribution in [2.24, 2.45) is 12.8 Å². The highest BCUT2D eigenvalue weighted by Crippen LogP contribution is 2.39. The molecule has 1 fully saturated rings. The van der Waals surface area contributed by atoms with Gasteiger partial charge in [-0.25, -0.2) is 4.98 Å². The number of methoxy groups -OCH3 is 1. The maximum absolute atomic E-state index is 6.52. The van der Waals surface area contributed by atoms with Gasteiger partial charge in [0.25, 0.3) is 0 Å². The molecular weight excluding hydrogens is 228 g/mol. The van der Waals surface area contributed by atoms with Crippen molar-refractivity contribution in [1.29, 1.82) is 0 Å². The van der Waals surface area contributed by atoms with Gasteiger partial charge in [-0.15, -0.1) is 0 Å². The van der Waals surface area contributed by atoms with E-state index >= 15 is 0 Å². The zero-order valence-corrected chi connectivity index (χ0v) is 10.8. The fraction of sp³-hybridized carbons (Fsp3) is 0.538. The molecule has 0 spiro atoms. The Kier molecular flexibility index (Phi) is 2.52. The van der Waals surface area contributed by atoms with E-state index in [0.29, 0.717) is 5.88 Å². The van der Waals surface area contributed by atoms with Gasteiger partial charge < -0.3 is 15.0 Å². The summed E-state index contributed by atoms with van der Waals surface area (Å²) in [6.07, 6.45) is 8.16. The molecule has 2 heterocycles. The highest BCUT2D eigenvalue weighted by Gasteiger charge is 2.34. The van der Waals surface area contributed by atoms with Crippen molar-refractivity contribution in [2.45, 2.75) is 31.2 Å². The van der Waals surface area contributed by atoms with Crippen LogP contribution in [0.5, 0.6) is 5.88 Å². The highest BCUT2D eigenvalue weighted by molar-refractivity contribution is 5.77. The SMILES string of the molecule is COc1cnc2c(C3(N)CCCC3)cn(C)c2n1. The first-order chi connectivity index (χ1) is 8.64. The molecule has 0 atom stereocenters. The zero-order valence-electron chi connectivity index (χ0n) is 10.8. The minimum atomic E-state index is -0.233. The van der Waals surface area contributed by atoms with Gasteiger partial charge in [0, 0.05) is 24.3 Å². The number of nitrogens with zero attached hydrogens (tertiary/aromatic N) is 3. The number of hydrogen-bond acceptors (Lipinski definition) is 4. The van der Waals surface area contributed by atoms with E-state index in [4.69, 9.17) is 10.5 Å². The largest absolute Gasteiger partial charge is 0.480 e. The average Bonchev–Trinajstić information content (AvgIpc) is 2.95. The first-order valence-corrected chi connectivity index (χ1v) is 6.29. The van der Waals surface area contributed by atoms with Crippen LogP contribution in [0.15, 0.2) is 12.4 Å². The Morgan fingerprint density at radius 1 is 1.39 bits per heavy atom. The molecule has 0 aliphatic heterocycles. The van der Waals surface area contributed by atoms with Crippen molar-refractivity contribution in [3.05, 3.63) is 18.0 Å². The monoisotopic (exact) mass is 246 g/mol. The Balaban J connectivity index is 2.19. The van der Waals surface area contributed by atoms with Gasteiger partial charge in [0.05, 0.1) is 13.3 Å². The predicted octanol–water partition coefficient (Wildman–Crippen LogP) is 1.70. The van der Waals surface area contributed by atoms with Crippen LogP contribution in [-0.4, -0.2) is 21.6 Å². The third-order valence-electron chi connectivity index (χ3n) is 3.89. The van der Waals surface area contributed by atoms with Gasteiger partial charge in [-0.3, -0.25) is 0 Å². The number of hydrogen-bond donors (Lipinski definition) is 1. The Hall–Kier alpha value is -1.62. The van der Waals surface area contributed by atoms with E-state index in [9.17, 15) is 0 Å². The van der Waals surface area contributed by atoms with Gasteiger partial charge in [-0.1, -0.05) is 12.8 Å². The quantitative estimate of drug-likeness (QED) is 0.876. The molecule has 0 bridgehead atoms. The van der Waals surface area contributed by atoms with Gasteiger partial charge >= 0.3 is 0 Å². The predicted molar refractivity (Wildman–Crippen MR) is 69.4 cm³/mol. The van der Waals surface area contributed by atoms with Crippen LogP contribution >= 0.6 is 0 Å². The molecule has 2 aromatic rings. The van der Waals surface area contributed by atoms with Crippen LogP contribution in [0.25, 0.3) is 11.2 Å². The number of aromatic nitrogens is 3. The van der Waals surface area contributed by atoms with Crippen molar-refractivity contribution < 1.29 is 4.74 Å².